The fourth-order valence-electron chi connectivity index (χ4n) is 3.54. The minimum absolute atomic E-state index is 0.307. The van der Waals surface area contributed by atoms with Crippen LogP contribution in [-0.2, 0) is 12.7 Å². The molecule has 0 aliphatic carbocycles. The maximum Gasteiger partial charge on any atom is 0.433 e. The van der Waals surface area contributed by atoms with Gasteiger partial charge in [-0.3, -0.25) is 14.5 Å². The average Bonchev–Trinajstić information content (AvgIpc) is 3.29. The van der Waals surface area contributed by atoms with Crippen molar-refractivity contribution in [2.75, 3.05) is 0 Å². The second-order valence-electron chi connectivity index (χ2n) is 7.12. The number of hydrogen-bond acceptors (Lipinski definition) is 4. The highest BCUT2D eigenvalue weighted by Crippen LogP contribution is 2.33. The van der Waals surface area contributed by atoms with Crippen LogP contribution in [0, 0.1) is 18.3 Å². The molecule has 9 heteroatoms. The lowest BCUT2D eigenvalue weighted by atomic mass is 10.1. The van der Waals surface area contributed by atoms with Crippen molar-refractivity contribution >= 4 is 5.91 Å². The number of nitriles is 1. The molecule has 1 aromatic carbocycles. The van der Waals surface area contributed by atoms with Crippen LogP contribution in [0.3, 0.4) is 0 Å². The third-order valence-corrected chi connectivity index (χ3v) is 4.92. The number of amides is 1. The highest BCUT2D eigenvalue weighted by atomic mass is 19.4. The van der Waals surface area contributed by atoms with Gasteiger partial charge in [-0.2, -0.15) is 23.5 Å². The predicted molar refractivity (Wildman–Crippen MR) is 101 cm³/mol. The van der Waals surface area contributed by atoms with E-state index < -0.39 is 11.9 Å². The molecule has 0 fully saturated rings. The van der Waals surface area contributed by atoms with E-state index in [9.17, 15) is 18.0 Å². The Morgan fingerprint density at radius 3 is 2.80 bits per heavy atom. The number of pyridine rings is 1. The molecule has 4 rings (SSSR count). The van der Waals surface area contributed by atoms with Crippen LogP contribution >= 0.6 is 0 Å². The second-order valence-corrected chi connectivity index (χ2v) is 7.12. The number of aryl methyl sites for hydroxylation is 2. The predicted octanol–water partition coefficient (Wildman–Crippen LogP) is 4.02. The number of aromatic nitrogens is 3. The first-order valence-corrected chi connectivity index (χ1v) is 9.18. The second kappa shape index (κ2) is 7.30. The zero-order chi connectivity index (χ0) is 21.5. The number of hydrogen-bond donors (Lipinski definition) is 1. The van der Waals surface area contributed by atoms with E-state index in [0.29, 0.717) is 35.3 Å². The van der Waals surface area contributed by atoms with Crippen LogP contribution in [0.15, 0.2) is 42.6 Å². The van der Waals surface area contributed by atoms with Gasteiger partial charge in [0.05, 0.1) is 29.1 Å². The van der Waals surface area contributed by atoms with Gasteiger partial charge in [0.25, 0.3) is 5.91 Å². The third-order valence-electron chi connectivity index (χ3n) is 4.92. The Balaban J connectivity index is 1.58. The van der Waals surface area contributed by atoms with Crippen LogP contribution in [0.2, 0.25) is 0 Å². The maximum absolute atomic E-state index is 12.9. The van der Waals surface area contributed by atoms with Crippen molar-refractivity contribution in [2.45, 2.75) is 32.1 Å². The minimum Gasteiger partial charge on any atom is -0.344 e. The lowest BCUT2D eigenvalue weighted by Gasteiger charge is -2.12. The molecule has 2 aromatic heterocycles. The van der Waals surface area contributed by atoms with E-state index in [1.807, 2.05) is 6.07 Å². The Morgan fingerprint density at radius 2 is 2.07 bits per heavy atom. The summed E-state index contributed by atoms with van der Waals surface area (Å²) in [6, 6.07) is 10.7. The lowest BCUT2D eigenvalue weighted by Crippen LogP contribution is -2.27. The topological polar surface area (TPSA) is 83.6 Å². The monoisotopic (exact) mass is 411 g/mol. The van der Waals surface area contributed by atoms with Crippen LogP contribution in [0.25, 0.3) is 11.3 Å². The van der Waals surface area contributed by atoms with Crippen molar-refractivity contribution < 1.29 is 18.0 Å². The van der Waals surface area contributed by atoms with Crippen molar-refractivity contribution in [3.63, 3.8) is 0 Å². The van der Waals surface area contributed by atoms with E-state index >= 15 is 0 Å². The van der Waals surface area contributed by atoms with Crippen molar-refractivity contribution in [3.05, 3.63) is 70.7 Å². The molecule has 3 aromatic rings. The van der Waals surface area contributed by atoms with Gasteiger partial charge >= 0.3 is 6.18 Å². The number of fused-ring (bicyclic) bond motifs is 1. The molecule has 0 bridgehead atoms. The summed E-state index contributed by atoms with van der Waals surface area (Å²) < 4.78 is 40.5. The molecule has 6 nitrogen and oxygen atoms in total. The summed E-state index contributed by atoms with van der Waals surface area (Å²) >= 11 is 0. The fourth-order valence-corrected chi connectivity index (χ4v) is 3.54. The molecular weight excluding hydrogens is 395 g/mol. The Morgan fingerprint density at radius 1 is 1.27 bits per heavy atom. The van der Waals surface area contributed by atoms with E-state index in [2.05, 4.69) is 15.4 Å². The average molecular weight is 411 g/mol. The highest BCUT2D eigenvalue weighted by molar-refractivity contribution is 5.95. The van der Waals surface area contributed by atoms with Crippen molar-refractivity contribution in [1.29, 1.82) is 5.26 Å². The smallest absolute Gasteiger partial charge is 0.344 e. The van der Waals surface area contributed by atoms with E-state index in [1.165, 1.54) is 12.1 Å². The molecule has 1 amide bonds. The Kier molecular flexibility index (Phi) is 4.78. The third kappa shape index (κ3) is 3.76. The normalized spacial score (nSPS) is 15.5. The van der Waals surface area contributed by atoms with Crippen LogP contribution in [0.4, 0.5) is 13.2 Å². The molecule has 1 aliphatic rings. The maximum atomic E-state index is 12.9. The van der Waals surface area contributed by atoms with E-state index in [-0.39, 0.29) is 11.9 Å². The van der Waals surface area contributed by atoms with Crippen molar-refractivity contribution in [1.82, 2.24) is 20.1 Å². The summed E-state index contributed by atoms with van der Waals surface area (Å²) in [6.07, 6.45) is -2.81. The number of benzene rings is 1. The molecule has 0 radical (unpaired) electrons. The Bertz CT molecular complexity index is 1180. The van der Waals surface area contributed by atoms with Gasteiger partial charge in [-0.1, -0.05) is 0 Å². The largest absolute Gasteiger partial charge is 0.433 e. The number of rotatable bonds is 3. The molecule has 0 saturated heterocycles. The number of nitrogens with one attached hydrogen (secondary N) is 1. The van der Waals surface area contributed by atoms with Gasteiger partial charge in [0.1, 0.15) is 5.69 Å². The molecule has 0 spiro atoms. The van der Waals surface area contributed by atoms with Gasteiger partial charge in [0, 0.05) is 23.9 Å². The molecule has 1 aliphatic heterocycles. The summed E-state index contributed by atoms with van der Waals surface area (Å²) in [4.78, 5) is 16.0. The van der Waals surface area contributed by atoms with E-state index in [4.69, 9.17) is 5.26 Å². The summed E-state index contributed by atoms with van der Waals surface area (Å²) in [5.74, 6) is -0.320. The first-order valence-electron chi connectivity index (χ1n) is 9.18. The highest BCUT2D eigenvalue weighted by Gasteiger charge is 2.33. The quantitative estimate of drug-likeness (QED) is 0.706. The fraction of sp³-hybridized carbons (Fsp3) is 0.238. The van der Waals surface area contributed by atoms with Crippen LogP contribution in [0.1, 0.15) is 45.3 Å². The summed E-state index contributed by atoms with van der Waals surface area (Å²) in [5, 5.41) is 16.4. The molecule has 0 saturated carbocycles. The van der Waals surface area contributed by atoms with Crippen molar-refractivity contribution in [3.8, 4) is 17.3 Å². The Labute approximate surface area is 170 Å². The SMILES string of the molecule is Cc1cc(C#N)cc(C(=O)N[C@H]2CCn3nc(-c4ccnc(C(F)(F)F)c4)cc32)c1. The number of nitrogens with zero attached hydrogens (tertiary/aromatic N) is 4. The van der Waals surface area contributed by atoms with Crippen LogP contribution in [0.5, 0.6) is 0 Å². The zero-order valence-corrected chi connectivity index (χ0v) is 15.9. The Hall–Kier alpha value is -3.67. The molecule has 30 heavy (non-hydrogen) atoms. The van der Waals surface area contributed by atoms with E-state index in [0.717, 1.165) is 23.5 Å². The zero-order valence-electron chi connectivity index (χ0n) is 15.9. The first-order chi connectivity index (χ1) is 14.2. The van der Waals surface area contributed by atoms with Gasteiger partial charge in [-0.15, -0.1) is 0 Å². The van der Waals surface area contributed by atoms with Gasteiger partial charge in [0.15, 0.2) is 0 Å². The summed E-state index contributed by atoms with van der Waals surface area (Å²) in [7, 11) is 0. The molecule has 0 unspecified atom stereocenters. The number of carbonyl (C=O) groups is 1. The lowest BCUT2D eigenvalue weighted by molar-refractivity contribution is -0.141. The summed E-state index contributed by atoms with van der Waals surface area (Å²) in [5.41, 5.74) is 2.02. The number of halogens is 3. The van der Waals surface area contributed by atoms with Crippen LogP contribution < -0.4 is 5.32 Å². The molecule has 1 N–H and O–H groups in total. The standard InChI is InChI=1S/C21H16F3N5O/c1-12-6-13(11-25)8-15(7-12)20(30)27-16-3-5-29-18(16)10-17(28-29)14-2-4-26-19(9-14)21(22,23)24/h2,4,6-10,16H,3,5H2,1H3,(H,27,30)/t16-/m0/s1. The van der Waals surface area contributed by atoms with Gasteiger partial charge in [0.2, 0.25) is 0 Å². The van der Waals surface area contributed by atoms with Gasteiger partial charge < -0.3 is 5.32 Å². The molecule has 3 heterocycles. The first kappa shape index (κ1) is 19.6. The van der Waals surface area contributed by atoms with Gasteiger partial charge in [-0.05, 0) is 55.3 Å². The summed E-state index contributed by atoms with van der Waals surface area (Å²) in [6.45, 7) is 2.34. The number of carbonyl (C=O) groups excluding carboxylic acids is 1. The molecular formula is C21H16F3N5O. The van der Waals surface area contributed by atoms with Gasteiger partial charge in [-0.25, -0.2) is 0 Å². The van der Waals surface area contributed by atoms with Crippen LogP contribution in [-0.4, -0.2) is 20.7 Å². The number of alkyl halides is 3. The van der Waals surface area contributed by atoms with Crippen molar-refractivity contribution in [2.24, 2.45) is 0 Å². The van der Waals surface area contributed by atoms with E-state index in [1.54, 1.807) is 29.8 Å². The minimum atomic E-state index is -4.54. The molecule has 152 valence electrons. The molecule has 1 atom stereocenters.